The molecule has 0 spiro atoms. The highest BCUT2D eigenvalue weighted by Crippen LogP contribution is 2.35. The zero-order chi connectivity index (χ0) is 11.6. The van der Waals surface area contributed by atoms with Crippen LogP contribution in [0.3, 0.4) is 0 Å². The fourth-order valence-electron chi connectivity index (χ4n) is 0.943. The van der Waals surface area contributed by atoms with Crippen molar-refractivity contribution in [3.63, 3.8) is 0 Å². The number of hydrogen-bond donors (Lipinski definition) is 2. The molecule has 0 bridgehead atoms. The van der Waals surface area contributed by atoms with Crippen molar-refractivity contribution in [2.24, 2.45) is 0 Å². The molecule has 1 aromatic carbocycles. The van der Waals surface area contributed by atoms with Gasteiger partial charge in [0.25, 0.3) is 6.43 Å². The summed E-state index contributed by atoms with van der Waals surface area (Å²) in [6.45, 7) is -0.957. The van der Waals surface area contributed by atoms with Crippen molar-refractivity contribution in [1.29, 1.82) is 0 Å². The predicted octanol–water partition coefficient (Wildman–Crippen LogP) is 2.29. The molecule has 4 N–H and O–H groups in total. The average molecular weight is 241 g/mol. The summed E-state index contributed by atoms with van der Waals surface area (Å²) < 4.78 is 41.4. The molecule has 1 aromatic rings. The molecule has 0 heterocycles. The van der Waals surface area contributed by atoms with Crippen LogP contribution >= 0.6 is 11.6 Å². The van der Waals surface area contributed by atoms with Crippen molar-refractivity contribution in [1.82, 2.24) is 0 Å². The third-order valence-corrected chi connectivity index (χ3v) is 1.96. The highest BCUT2D eigenvalue weighted by Gasteiger charge is 2.16. The van der Waals surface area contributed by atoms with E-state index in [2.05, 4.69) is 4.74 Å². The third kappa shape index (κ3) is 2.59. The summed E-state index contributed by atoms with van der Waals surface area (Å²) in [7, 11) is 0. The van der Waals surface area contributed by atoms with Crippen LogP contribution in [0.2, 0.25) is 5.02 Å². The van der Waals surface area contributed by atoms with Crippen LogP contribution in [0.1, 0.15) is 0 Å². The summed E-state index contributed by atoms with van der Waals surface area (Å²) in [6.07, 6.45) is -2.72. The molecule has 0 aromatic heterocycles. The van der Waals surface area contributed by atoms with Gasteiger partial charge in [0.05, 0.1) is 11.4 Å². The first-order valence-corrected chi connectivity index (χ1v) is 4.25. The molecular formula is C8H8ClF3N2O. The maximum Gasteiger partial charge on any atom is 0.272 e. The fraction of sp³-hybridized carbons (Fsp3) is 0.250. The number of ether oxygens (including phenoxy) is 1. The minimum absolute atomic E-state index is 0.0731. The fourth-order valence-corrected chi connectivity index (χ4v) is 1.08. The zero-order valence-electron chi connectivity index (χ0n) is 7.44. The van der Waals surface area contributed by atoms with Gasteiger partial charge in [-0.25, -0.2) is 13.2 Å². The van der Waals surface area contributed by atoms with Gasteiger partial charge >= 0.3 is 0 Å². The van der Waals surface area contributed by atoms with Gasteiger partial charge in [0, 0.05) is 0 Å². The molecule has 0 fully saturated rings. The van der Waals surface area contributed by atoms with E-state index in [1.54, 1.807) is 0 Å². The second-order valence-electron chi connectivity index (χ2n) is 2.71. The van der Waals surface area contributed by atoms with Gasteiger partial charge in [0.2, 0.25) is 0 Å². The summed E-state index contributed by atoms with van der Waals surface area (Å²) >= 11 is 5.45. The van der Waals surface area contributed by atoms with Crippen molar-refractivity contribution in [3.8, 4) is 5.75 Å². The first kappa shape index (κ1) is 11.8. The van der Waals surface area contributed by atoms with Crippen molar-refractivity contribution >= 4 is 23.0 Å². The molecule has 0 saturated carbocycles. The zero-order valence-corrected chi connectivity index (χ0v) is 8.19. The van der Waals surface area contributed by atoms with Crippen LogP contribution in [-0.4, -0.2) is 13.0 Å². The molecule has 0 amide bonds. The average Bonchev–Trinajstić information content (AvgIpc) is 2.14. The number of anilines is 2. The molecule has 0 unspecified atom stereocenters. The van der Waals surface area contributed by atoms with E-state index in [0.29, 0.717) is 0 Å². The molecular weight excluding hydrogens is 233 g/mol. The molecule has 3 nitrogen and oxygen atoms in total. The molecule has 0 aliphatic carbocycles. The molecule has 0 saturated heterocycles. The summed E-state index contributed by atoms with van der Waals surface area (Å²) in [5, 5.41) is -0.395. The minimum Gasteiger partial charge on any atom is -0.482 e. The van der Waals surface area contributed by atoms with E-state index in [4.69, 9.17) is 23.1 Å². The van der Waals surface area contributed by atoms with E-state index >= 15 is 0 Å². The number of alkyl halides is 2. The molecule has 84 valence electrons. The lowest BCUT2D eigenvalue weighted by molar-refractivity contribution is 0.0803. The van der Waals surface area contributed by atoms with Gasteiger partial charge in [-0.3, -0.25) is 0 Å². The van der Waals surface area contributed by atoms with Crippen LogP contribution in [0.4, 0.5) is 24.5 Å². The van der Waals surface area contributed by atoms with Gasteiger partial charge in [0.1, 0.15) is 11.6 Å². The van der Waals surface area contributed by atoms with Gasteiger partial charge in [0.15, 0.2) is 11.6 Å². The maximum atomic E-state index is 13.3. The van der Waals surface area contributed by atoms with Gasteiger partial charge in [-0.2, -0.15) is 0 Å². The quantitative estimate of drug-likeness (QED) is 0.797. The van der Waals surface area contributed by atoms with E-state index in [1.165, 1.54) is 0 Å². The maximum absolute atomic E-state index is 13.3. The lowest BCUT2D eigenvalue weighted by Gasteiger charge is -2.11. The van der Waals surface area contributed by atoms with Crippen molar-refractivity contribution < 1.29 is 17.9 Å². The third-order valence-electron chi connectivity index (χ3n) is 1.57. The van der Waals surface area contributed by atoms with E-state index in [0.717, 1.165) is 6.07 Å². The van der Waals surface area contributed by atoms with Crippen molar-refractivity contribution in [3.05, 3.63) is 16.9 Å². The normalized spacial score (nSPS) is 10.7. The second-order valence-corrected chi connectivity index (χ2v) is 3.09. The predicted molar refractivity (Wildman–Crippen MR) is 51.7 cm³/mol. The lowest BCUT2D eigenvalue weighted by Crippen LogP contribution is -2.10. The summed E-state index contributed by atoms with van der Waals surface area (Å²) in [6, 6.07) is 1.15. The van der Waals surface area contributed by atoms with Gasteiger partial charge in [-0.05, 0) is 6.07 Å². The minimum atomic E-state index is -2.72. The molecule has 15 heavy (non-hydrogen) atoms. The van der Waals surface area contributed by atoms with Crippen LogP contribution in [0.25, 0.3) is 0 Å². The number of nitrogen functional groups attached to an aromatic ring is 2. The first-order chi connectivity index (χ1) is 6.93. The molecule has 0 radical (unpaired) electrons. The number of rotatable bonds is 3. The lowest BCUT2D eigenvalue weighted by atomic mass is 10.2. The highest BCUT2D eigenvalue weighted by molar-refractivity contribution is 6.33. The van der Waals surface area contributed by atoms with Crippen molar-refractivity contribution in [2.45, 2.75) is 6.43 Å². The number of hydrogen-bond acceptors (Lipinski definition) is 3. The summed E-state index contributed by atoms with van der Waals surface area (Å²) in [4.78, 5) is 0. The monoisotopic (exact) mass is 240 g/mol. The van der Waals surface area contributed by atoms with Crippen LogP contribution in [-0.2, 0) is 0 Å². The van der Waals surface area contributed by atoms with Crippen LogP contribution in [0.15, 0.2) is 6.07 Å². The Morgan fingerprint density at radius 3 is 2.47 bits per heavy atom. The Hall–Kier alpha value is -1.30. The first-order valence-electron chi connectivity index (χ1n) is 3.87. The molecule has 0 aliphatic heterocycles. The summed E-state index contributed by atoms with van der Waals surface area (Å²) in [5.41, 5.74) is 10.4. The Morgan fingerprint density at radius 1 is 1.33 bits per heavy atom. The molecule has 1 rings (SSSR count). The SMILES string of the molecule is Nc1cc(N)c(OCC(F)F)c(F)c1Cl. The number of nitrogens with two attached hydrogens (primary N) is 2. The standard InChI is InChI=1S/C8H8ClF3N2O/c9-6-3(13)1-4(14)8(7(6)12)15-2-5(10)11/h1,5H,2,13-14H2. The topological polar surface area (TPSA) is 61.3 Å². The van der Waals surface area contributed by atoms with Gasteiger partial charge < -0.3 is 16.2 Å². The largest absolute Gasteiger partial charge is 0.482 e. The van der Waals surface area contributed by atoms with Crippen LogP contribution in [0.5, 0.6) is 5.75 Å². The summed E-state index contributed by atoms with van der Waals surface area (Å²) in [5.74, 6) is -1.54. The molecule has 7 heteroatoms. The number of benzene rings is 1. The Balaban J connectivity index is 3.02. The Kier molecular flexibility index (Phi) is 3.52. The van der Waals surface area contributed by atoms with E-state index in [1.807, 2.05) is 0 Å². The van der Waals surface area contributed by atoms with Crippen LogP contribution in [0, 0.1) is 5.82 Å². The smallest absolute Gasteiger partial charge is 0.272 e. The Bertz CT molecular complexity index is 373. The second kappa shape index (κ2) is 4.48. The molecule has 0 atom stereocenters. The van der Waals surface area contributed by atoms with Crippen molar-refractivity contribution in [2.75, 3.05) is 18.1 Å². The van der Waals surface area contributed by atoms with E-state index in [-0.39, 0.29) is 11.4 Å². The Labute approximate surface area is 88.8 Å². The molecule has 0 aliphatic rings. The number of halogens is 4. The van der Waals surface area contributed by atoms with E-state index < -0.39 is 29.6 Å². The van der Waals surface area contributed by atoms with Gasteiger partial charge in [-0.15, -0.1) is 0 Å². The van der Waals surface area contributed by atoms with Gasteiger partial charge in [-0.1, -0.05) is 11.6 Å². The van der Waals surface area contributed by atoms with E-state index in [9.17, 15) is 13.2 Å². The Morgan fingerprint density at radius 2 is 1.93 bits per heavy atom. The van der Waals surface area contributed by atoms with Crippen LogP contribution < -0.4 is 16.2 Å². The highest BCUT2D eigenvalue weighted by atomic mass is 35.5.